The van der Waals surface area contributed by atoms with E-state index in [1.54, 1.807) is 6.92 Å². The summed E-state index contributed by atoms with van der Waals surface area (Å²) < 4.78 is 0. The normalized spacial score (nSPS) is 10.3. The average molecular weight is 234 g/mol. The third-order valence-corrected chi connectivity index (χ3v) is 2.77. The van der Waals surface area contributed by atoms with E-state index in [9.17, 15) is 4.79 Å². The van der Waals surface area contributed by atoms with Crippen LogP contribution in [-0.4, -0.2) is 18.9 Å². The Morgan fingerprint density at radius 3 is 2.24 bits per heavy atom. The minimum atomic E-state index is 0.0200. The van der Waals surface area contributed by atoms with Gasteiger partial charge in [-0.3, -0.25) is 4.79 Å². The van der Waals surface area contributed by atoms with Crippen molar-refractivity contribution in [3.63, 3.8) is 0 Å². The van der Waals surface area contributed by atoms with Gasteiger partial charge in [0.1, 0.15) is 0 Å². The zero-order chi connectivity index (χ0) is 12.8. The molecule has 0 aliphatic rings. The van der Waals surface area contributed by atoms with Crippen LogP contribution in [0.1, 0.15) is 44.0 Å². The summed E-state index contributed by atoms with van der Waals surface area (Å²) in [6, 6.07) is 5.71. The zero-order valence-corrected chi connectivity index (χ0v) is 11.0. The van der Waals surface area contributed by atoms with Crippen LogP contribution in [0.4, 0.5) is 11.4 Å². The highest BCUT2D eigenvalue weighted by Crippen LogP contribution is 2.22. The molecule has 0 saturated heterocycles. The third kappa shape index (κ3) is 3.48. The van der Waals surface area contributed by atoms with Crippen molar-refractivity contribution in [1.82, 2.24) is 0 Å². The van der Waals surface area contributed by atoms with Crippen LogP contribution in [0.15, 0.2) is 18.2 Å². The Bertz CT molecular complexity index is 382. The Hall–Kier alpha value is -1.51. The van der Waals surface area contributed by atoms with Gasteiger partial charge in [0.2, 0.25) is 0 Å². The number of hydrogen-bond acceptors (Lipinski definition) is 3. The van der Waals surface area contributed by atoms with Gasteiger partial charge in [0, 0.05) is 30.0 Å². The molecule has 0 atom stereocenters. The molecule has 0 fully saturated rings. The molecule has 0 spiro atoms. The Morgan fingerprint density at radius 1 is 1.24 bits per heavy atom. The molecule has 1 aromatic carbocycles. The summed E-state index contributed by atoms with van der Waals surface area (Å²) in [5, 5.41) is 0. The van der Waals surface area contributed by atoms with E-state index in [2.05, 4.69) is 18.7 Å². The molecule has 94 valence electrons. The van der Waals surface area contributed by atoms with Gasteiger partial charge in [-0.05, 0) is 38.0 Å². The van der Waals surface area contributed by atoms with E-state index in [4.69, 9.17) is 5.73 Å². The fourth-order valence-electron chi connectivity index (χ4n) is 1.98. The molecule has 0 aliphatic heterocycles. The Balaban J connectivity index is 2.97. The van der Waals surface area contributed by atoms with Crippen molar-refractivity contribution in [2.75, 3.05) is 23.7 Å². The van der Waals surface area contributed by atoms with Crippen molar-refractivity contribution in [3.05, 3.63) is 23.8 Å². The summed E-state index contributed by atoms with van der Waals surface area (Å²) >= 11 is 0. The van der Waals surface area contributed by atoms with Crippen molar-refractivity contribution in [2.45, 2.75) is 33.6 Å². The molecule has 0 bridgehead atoms. The van der Waals surface area contributed by atoms with Gasteiger partial charge in [0.25, 0.3) is 0 Å². The summed E-state index contributed by atoms with van der Waals surface area (Å²) in [5.74, 6) is 0.0200. The molecule has 2 N–H and O–H groups in total. The number of anilines is 2. The molecule has 1 rings (SSSR count). The number of Topliss-reactive ketones (excluding diaryl/α,β-unsaturated/α-hetero) is 1. The van der Waals surface area contributed by atoms with E-state index in [0.29, 0.717) is 11.3 Å². The maximum atomic E-state index is 11.3. The van der Waals surface area contributed by atoms with Crippen molar-refractivity contribution in [1.29, 1.82) is 0 Å². The van der Waals surface area contributed by atoms with E-state index >= 15 is 0 Å². The van der Waals surface area contributed by atoms with Crippen molar-refractivity contribution < 1.29 is 4.79 Å². The molecule has 0 aliphatic carbocycles. The summed E-state index contributed by atoms with van der Waals surface area (Å²) in [6.07, 6.45) is 2.21. The number of nitrogen functional groups attached to an aromatic ring is 1. The van der Waals surface area contributed by atoms with Crippen LogP contribution in [-0.2, 0) is 0 Å². The molecular weight excluding hydrogens is 212 g/mol. The quantitative estimate of drug-likeness (QED) is 0.607. The predicted molar refractivity (Wildman–Crippen MR) is 73.7 cm³/mol. The topological polar surface area (TPSA) is 46.3 Å². The maximum Gasteiger partial charge on any atom is 0.161 e. The Kier molecular flexibility index (Phi) is 5.01. The molecule has 0 heterocycles. The number of rotatable bonds is 6. The fraction of sp³-hybridized carbons (Fsp3) is 0.500. The van der Waals surface area contributed by atoms with Crippen LogP contribution >= 0.6 is 0 Å². The lowest BCUT2D eigenvalue weighted by molar-refractivity contribution is 0.101. The van der Waals surface area contributed by atoms with E-state index in [-0.39, 0.29) is 5.78 Å². The van der Waals surface area contributed by atoms with E-state index < -0.39 is 0 Å². The van der Waals surface area contributed by atoms with Crippen LogP contribution < -0.4 is 10.6 Å². The first-order valence-electron chi connectivity index (χ1n) is 6.25. The maximum absolute atomic E-state index is 11.3. The van der Waals surface area contributed by atoms with Gasteiger partial charge in [0.05, 0.1) is 0 Å². The smallest absolute Gasteiger partial charge is 0.161 e. The van der Waals surface area contributed by atoms with Crippen molar-refractivity contribution >= 4 is 17.2 Å². The summed E-state index contributed by atoms with van der Waals surface area (Å²) in [5.41, 5.74) is 8.20. The molecule has 0 saturated carbocycles. The minimum absolute atomic E-state index is 0.0200. The van der Waals surface area contributed by atoms with Gasteiger partial charge < -0.3 is 10.6 Å². The average Bonchev–Trinajstić information content (AvgIpc) is 2.28. The number of nitrogens with zero attached hydrogens (tertiary/aromatic N) is 1. The summed E-state index contributed by atoms with van der Waals surface area (Å²) in [7, 11) is 0. The number of hydrogen-bond donors (Lipinski definition) is 1. The monoisotopic (exact) mass is 234 g/mol. The van der Waals surface area contributed by atoms with Gasteiger partial charge in [-0.2, -0.15) is 0 Å². The first kappa shape index (κ1) is 13.6. The van der Waals surface area contributed by atoms with Gasteiger partial charge >= 0.3 is 0 Å². The van der Waals surface area contributed by atoms with Crippen LogP contribution in [0, 0.1) is 0 Å². The lowest BCUT2D eigenvalue weighted by atomic mass is 10.1. The number of carbonyl (C=O) groups excluding carboxylic acids is 1. The number of carbonyl (C=O) groups is 1. The molecule has 17 heavy (non-hydrogen) atoms. The van der Waals surface area contributed by atoms with Crippen molar-refractivity contribution in [2.24, 2.45) is 0 Å². The van der Waals surface area contributed by atoms with Gasteiger partial charge in [-0.1, -0.05) is 13.8 Å². The predicted octanol–water partition coefficient (Wildman–Crippen LogP) is 3.10. The highest BCUT2D eigenvalue weighted by atomic mass is 16.1. The first-order chi connectivity index (χ1) is 8.10. The van der Waals surface area contributed by atoms with Gasteiger partial charge in [-0.15, -0.1) is 0 Å². The summed E-state index contributed by atoms with van der Waals surface area (Å²) in [6.45, 7) is 7.91. The highest BCUT2D eigenvalue weighted by molar-refractivity contribution is 5.99. The van der Waals surface area contributed by atoms with Crippen LogP contribution in [0.25, 0.3) is 0 Å². The Labute approximate surface area is 104 Å². The second-order valence-electron chi connectivity index (χ2n) is 4.31. The zero-order valence-electron chi connectivity index (χ0n) is 11.0. The van der Waals surface area contributed by atoms with Crippen LogP contribution in [0.5, 0.6) is 0 Å². The number of benzene rings is 1. The fourth-order valence-corrected chi connectivity index (χ4v) is 1.98. The molecule has 0 unspecified atom stereocenters. The second-order valence-corrected chi connectivity index (χ2v) is 4.31. The third-order valence-electron chi connectivity index (χ3n) is 2.77. The van der Waals surface area contributed by atoms with E-state index in [0.717, 1.165) is 31.6 Å². The van der Waals surface area contributed by atoms with Gasteiger partial charge in [-0.25, -0.2) is 0 Å². The standard InChI is InChI=1S/C14H22N2O/c1-4-8-16(9-5-2)12-6-7-13(11(3)17)14(15)10-12/h6-7,10H,4-5,8-9,15H2,1-3H3. The van der Waals surface area contributed by atoms with Crippen LogP contribution in [0.3, 0.4) is 0 Å². The van der Waals surface area contributed by atoms with E-state index in [1.165, 1.54) is 0 Å². The first-order valence-corrected chi connectivity index (χ1v) is 6.25. The summed E-state index contributed by atoms with van der Waals surface area (Å²) in [4.78, 5) is 13.6. The molecular formula is C14H22N2O. The second kappa shape index (κ2) is 6.28. The lowest BCUT2D eigenvalue weighted by Crippen LogP contribution is -2.25. The molecule has 0 radical (unpaired) electrons. The van der Waals surface area contributed by atoms with Gasteiger partial charge in [0.15, 0.2) is 5.78 Å². The molecule has 3 nitrogen and oxygen atoms in total. The molecule has 0 aromatic heterocycles. The lowest BCUT2D eigenvalue weighted by Gasteiger charge is -2.24. The van der Waals surface area contributed by atoms with Crippen LogP contribution in [0.2, 0.25) is 0 Å². The molecule has 1 aromatic rings. The molecule has 0 amide bonds. The minimum Gasteiger partial charge on any atom is -0.398 e. The highest BCUT2D eigenvalue weighted by Gasteiger charge is 2.09. The van der Waals surface area contributed by atoms with Crippen molar-refractivity contribution in [3.8, 4) is 0 Å². The number of nitrogens with two attached hydrogens (primary N) is 1. The van der Waals surface area contributed by atoms with E-state index in [1.807, 2.05) is 18.2 Å². The SMILES string of the molecule is CCCN(CCC)c1ccc(C(C)=O)c(N)c1. The number of ketones is 1. The largest absolute Gasteiger partial charge is 0.398 e. The Morgan fingerprint density at radius 2 is 1.82 bits per heavy atom. The molecule has 3 heteroatoms.